The number of carbonyl (C=O) groups excluding carboxylic acids is 1. The first-order valence-electron chi connectivity index (χ1n) is 6.80. The molecule has 110 valence electrons. The van der Waals surface area contributed by atoms with Crippen molar-refractivity contribution in [2.45, 2.75) is 26.8 Å². The van der Waals surface area contributed by atoms with Gasteiger partial charge in [0.05, 0.1) is 11.1 Å². The average molecular weight is 286 g/mol. The number of amides is 1. The second kappa shape index (κ2) is 5.91. The van der Waals surface area contributed by atoms with E-state index < -0.39 is 17.9 Å². The molecule has 0 bridgehead atoms. The van der Waals surface area contributed by atoms with Gasteiger partial charge in [0, 0.05) is 11.1 Å². The molecule has 1 aromatic carbocycles. The van der Waals surface area contributed by atoms with Gasteiger partial charge in [-0.05, 0) is 25.0 Å². The molecule has 2 rings (SSSR count). The summed E-state index contributed by atoms with van der Waals surface area (Å²) in [5.74, 6) is -1.62. The fraction of sp³-hybridized carbons (Fsp3) is 0.312. The van der Waals surface area contributed by atoms with Crippen molar-refractivity contribution in [3.05, 3.63) is 41.6 Å². The topological polar surface area (TPSA) is 79.3 Å². The fourth-order valence-corrected chi connectivity index (χ4v) is 2.23. The van der Waals surface area contributed by atoms with Gasteiger partial charge in [-0.25, -0.2) is 4.79 Å². The van der Waals surface area contributed by atoms with Gasteiger partial charge in [0.15, 0.2) is 0 Å². The molecule has 2 aromatic rings. The van der Waals surface area contributed by atoms with Crippen LogP contribution in [0.25, 0.3) is 10.9 Å². The van der Waals surface area contributed by atoms with Gasteiger partial charge in [-0.1, -0.05) is 32.0 Å². The molecule has 0 radical (unpaired) electrons. The second-order valence-electron chi connectivity index (χ2n) is 5.36. The SMILES string of the molecule is Cc1cc(C(=O)N[C@@H](C(=O)O)C(C)C)c2ccccc2n1. The van der Waals surface area contributed by atoms with Gasteiger partial charge < -0.3 is 10.4 Å². The van der Waals surface area contributed by atoms with Crippen molar-refractivity contribution in [3.8, 4) is 0 Å². The molecule has 1 aromatic heterocycles. The number of para-hydroxylation sites is 1. The first-order valence-corrected chi connectivity index (χ1v) is 6.80. The summed E-state index contributed by atoms with van der Waals surface area (Å²) < 4.78 is 0. The molecule has 0 saturated heterocycles. The molecule has 0 spiro atoms. The summed E-state index contributed by atoms with van der Waals surface area (Å²) >= 11 is 0. The molecule has 0 aliphatic carbocycles. The number of benzene rings is 1. The van der Waals surface area contributed by atoms with Gasteiger partial charge in [-0.3, -0.25) is 9.78 Å². The van der Waals surface area contributed by atoms with Crippen molar-refractivity contribution >= 4 is 22.8 Å². The van der Waals surface area contributed by atoms with Crippen LogP contribution in [-0.4, -0.2) is 28.0 Å². The highest BCUT2D eigenvalue weighted by atomic mass is 16.4. The van der Waals surface area contributed by atoms with E-state index in [-0.39, 0.29) is 5.92 Å². The molecule has 0 fully saturated rings. The summed E-state index contributed by atoms with van der Waals surface area (Å²) in [6.45, 7) is 5.32. The third-order valence-corrected chi connectivity index (χ3v) is 3.31. The zero-order chi connectivity index (χ0) is 15.6. The predicted molar refractivity (Wildman–Crippen MR) is 80.2 cm³/mol. The Labute approximate surface area is 123 Å². The molecule has 5 heteroatoms. The van der Waals surface area contributed by atoms with E-state index in [2.05, 4.69) is 10.3 Å². The molecule has 0 aliphatic heterocycles. The quantitative estimate of drug-likeness (QED) is 0.904. The van der Waals surface area contributed by atoms with E-state index >= 15 is 0 Å². The number of carbonyl (C=O) groups is 2. The first kappa shape index (κ1) is 15.0. The smallest absolute Gasteiger partial charge is 0.326 e. The predicted octanol–water partition coefficient (Wildman–Crippen LogP) is 2.38. The third kappa shape index (κ3) is 3.18. The fourth-order valence-electron chi connectivity index (χ4n) is 2.23. The van der Waals surface area contributed by atoms with Gasteiger partial charge in [-0.2, -0.15) is 0 Å². The van der Waals surface area contributed by atoms with Crippen LogP contribution in [0.5, 0.6) is 0 Å². The number of carboxylic acid groups (broad SMARTS) is 1. The lowest BCUT2D eigenvalue weighted by Gasteiger charge is -2.18. The second-order valence-corrected chi connectivity index (χ2v) is 5.36. The van der Waals surface area contributed by atoms with E-state index in [4.69, 9.17) is 0 Å². The molecule has 5 nitrogen and oxygen atoms in total. The van der Waals surface area contributed by atoms with Crippen LogP contribution in [-0.2, 0) is 4.79 Å². The Hall–Kier alpha value is -2.43. The van der Waals surface area contributed by atoms with Crippen molar-refractivity contribution in [3.63, 3.8) is 0 Å². The Balaban J connectivity index is 2.42. The number of rotatable bonds is 4. The summed E-state index contributed by atoms with van der Waals surface area (Å²) in [6.07, 6.45) is 0. The van der Waals surface area contributed by atoms with Crippen LogP contribution < -0.4 is 5.32 Å². The Kier molecular flexibility index (Phi) is 4.21. The molecule has 2 N–H and O–H groups in total. The highest BCUT2D eigenvalue weighted by Gasteiger charge is 2.24. The minimum absolute atomic E-state index is 0.194. The van der Waals surface area contributed by atoms with Crippen LogP contribution in [0.4, 0.5) is 0 Å². The lowest BCUT2D eigenvalue weighted by molar-refractivity contribution is -0.140. The number of pyridine rings is 1. The number of nitrogens with one attached hydrogen (secondary N) is 1. The number of hydrogen-bond acceptors (Lipinski definition) is 3. The number of nitrogens with zero attached hydrogens (tertiary/aromatic N) is 1. The number of hydrogen-bond donors (Lipinski definition) is 2. The Morgan fingerprint density at radius 3 is 2.52 bits per heavy atom. The average Bonchev–Trinajstić information content (AvgIpc) is 2.42. The number of aryl methyl sites for hydroxylation is 1. The van der Waals surface area contributed by atoms with Crippen LogP contribution in [0.3, 0.4) is 0 Å². The van der Waals surface area contributed by atoms with Crippen LogP contribution in [0, 0.1) is 12.8 Å². The molecule has 0 aliphatic rings. The molecule has 21 heavy (non-hydrogen) atoms. The van der Waals surface area contributed by atoms with E-state index in [1.807, 2.05) is 24.3 Å². The minimum atomic E-state index is -1.03. The van der Waals surface area contributed by atoms with E-state index in [9.17, 15) is 14.7 Å². The summed E-state index contributed by atoms with van der Waals surface area (Å²) in [5.41, 5.74) is 1.89. The summed E-state index contributed by atoms with van der Waals surface area (Å²) in [7, 11) is 0. The van der Waals surface area contributed by atoms with E-state index in [1.54, 1.807) is 26.8 Å². The number of aromatic nitrogens is 1. The lowest BCUT2D eigenvalue weighted by Crippen LogP contribution is -2.44. The van der Waals surface area contributed by atoms with Gasteiger partial charge in [0.25, 0.3) is 5.91 Å². The number of aliphatic carboxylic acids is 1. The molecule has 1 amide bonds. The zero-order valence-corrected chi connectivity index (χ0v) is 12.3. The van der Waals surface area contributed by atoms with E-state index in [0.29, 0.717) is 10.9 Å². The standard InChI is InChI=1S/C16H18N2O3/c1-9(2)14(16(20)21)18-15(19)12-8-10(3)17-13-7-5-4-6-11(12)13/h4-9,14H,1-3H3,(H,18,19)(H,20,21)/t14-/m1/s1. The van der Waals surface area contributed by atoms with Crippen LogP contribution in [0.15, 0.2) is 30.3 Å². The van der Waals surface area contributed by atoms with E-state index in [0.717, 1.165) is 11.2 Å². The molecule has 0 unspecified atom stereocenters. The lowest BCUT2D eigenvalue weighted by atomic mass is 10.0. The maximum atomic E-state index is 12.4. The monoisotopic (exact) mass is 286 g/mol. The Morgan fingerprint density at radius 1 is 1.24 bits per heavy atom. The number of fused-ring (bicyclic) bond motifs is 1. The van der Waals surface area contributed by atoms with E-state index in [1.165, 1.54) is 0 Å². The van der Waals surface area contributed by atoms with Crippen molar-refractivity contribution in [1.29, 1.82) is 0 Å². The van der Waals surface area contributed by atoms with Crippen LogP contribution >= 0.6 is 0 Å². The molecular formula is C16H18N2O3. The van der Waals surface area contributed by atoms with Crippen molar-refractivity contribution < 1.29 is 14.7 Å². The molecule has 1 heterocycles. The van der Waals surface area contributed by atoms with Crippen molar-refractivity contribution in [2.75, 3.05) is 0 Å². The maximum absolute atomic E-state index is 12.4. The van der Waals surface area contributed by atoms with Gasteiger partial charge in [0.2, 0.25) is 0 Å². The highest BCUT2D eigenvalue weighted by molar-refractivity contribution is 6.07. The number of carboxylic acids is 1. The van der Waals surface area contributed by atoms with Crippen LogP contribution in [0.2, 0.25) is 0 Å². The normalized spacial score (nSPS) is 12.4. The third-order valence-electron chi connectivity index (χ3n) is 3.31. The van der Waals surface area contributed by atoms with Crippen molar-refractivity contribution in [1.82, 2.24) is 10.3 Å². The summed E-state index contributed by atoms with van der Waals surface area (Å²) in [6, 6.07) is 8.08. The maximum Gasteiger partial charge on any atom is 0.326 e. The largest absolute Gasteiger partial charge is 0.480 e. The zero-order valence-electron chi connectivity index (χ0n) is 12.3. The summed E-state index contributed by atoms with van der Waals surface area (Å²) in [4.78, 5) is 28.0. The van der Waals surface area contributed by atoms with Crippen molar-refractivity contribution in [2.24, 2.45) is 5.92 Å². The van der Waals surface area contributed by atoms with Crippen LogP contribution in [0.1, 0.15) is 29.9 Å². The molecular weight excluding hydrogens is 268 g/mol. The Morgan fingerprint density at radius 2 is 1.90 bits per heavy atom. The molecule has 0 saturated carbocycles. The minimum Gasteiger partial charge on any atom is -0.480 e. The van der Waals surface area contributed by atoms with Gasteiger partial charge in [-0.15, -0.1) is 0 Å². The summed E-state index contributed by atoms with van der Waals surface area (Å²) in [5, 5.41) is 12.5. The molecule has 1 atom stereocenters. The van der Waals surface area contributed by atoms with Gasteiger partial charge in [0.1, 0.15) is 6.04 Å². The van der Waals surface area contributed by atoms with Gasteiger partial charge >= 0.3 is 5.97 Å². The highest BCUT2D eigenvalue weighted by Crippen LogP contribution is 2.18. The Bertz CT molecular complexity index is 695. The first-order chi connectivity index (χ1) is 9.90.